The molecule has 0 aliphatic carbocycles. The van der Waals surface area contributed by atoms with Gasteiger partial charge < -0.3 is 4.57 Å². The van der Waals surface area contributed by atoms with Crippen LogP contribution in [-0.4, -0.2) is 4.57 Å². The summed E-state index contributed by atoms with van der Waals surface area (Å²) in [5.74, 6) is 0. The smallest absolute Gasteiger partial charge is 0.100 e. The number of hydrogen-bond acceptors (Lipinski definition) is 1. The van der Waals surface area contributed by atoms with Crippen LogP contribution in [0.1, 0.15) is 10.4 Å². The first kappa shape index (κ1) is 11.7. The molecule has 1 nitrogen and oxygen atoms in total. The third-order valence-corrected chi connectivity index (χ3v) is 4.76. The zero-order valence-electron chi connectivity index (χ0n) is 11.6. The monoisotopic (exact) mass is 277 g/mol. The number of para-hydroxylation sites is 1. The van der Waals surface area contributed by atoms with Crippen molar-refractivity contribution in [3.8, 4) is 5.00 Å². The number of aryl methyl sites for hydroxylation is 2. The Balaban J connectivity index is 2.22. The summed E-state index contributed by atoms with van der Waals surface area (Å²) in [5, 5.41) is 3.95. The number of nitrogens with zero attached hydrogens (tertiary/aromatic N) is 1. The van der Waals surface area contributed by atoms with E-state index in [1.165, 1.54) is 37.2 Å². The molecule has 0 spiro atoms. The minimum Gasteiger partial charge on any atom is -0.301 e. The van der Waals surface area contributed by atoms with E-state index in [4.69, 9.17) is 0 Å². The van der Waals surface area contributed by atoms with Gasteiger partial charge in [-0.05, 0) is 43.7 Å². The van der Waals surface area contributed by atoms with Gasteiger partial charge in [0.15, 0.2) is 0 Å². The van der Waals surface area contributed by atoms with Crippen molar-refractivity contribution in [1.82, 2.24) is 4.57 Å². The van der Waals surface area contributed by atoms with E-state index >= 15 is 0 Å². The Morgan fingerprint density at radius 2 is 1.60 bits per heavy atom. The van der Waals surface area contributed by atoms with Gasteiger partial charge in [0.2, 0.25) is 0 Å². The van der Waals surface area contributed by atoms with E-state index in [0.29, 0.717) is 0 Å². The van der Waals surface area contributed by atoms with Gasteiger partial charge in [0, 0.05) is 15.6 Å². The highest BCUT2D eigenvalue weighted by Gasteiger charge is 2.12. The number of aromatic nitrogens is 1. The number of fused-ring (bicyclic) bond motifs is 3. The molecule has 0 aliphatic rings. The van der Waals surface area contributed by atoms with Crippen LogP contribution in [0, 0.1) is 13.8 Å². The van der Waals surface area contributed by atoms with Crippen LogP contribution in [0.15, 0.2) is 54.6 Å². The van der Waals surface area contributed by atoms with E-state index in [2.05, 4.69) is 73.0 Å². The Hall–Kier alpha value is -2.06. The second-order valence-corrected chi connectivity index (χ2v) is 6.52. The lowest BCUT2D eigenvalue weighted by Gasteiger charge is -2.04. The normalized spacial score (nSPS) is 11.5. The maximum absolute atomic E-state index is 2.38. The van der Waals surface area contributed by atoms with Gasteiger partial charge >= 0.3 is 0 Å². The molecular formula is C18H15NS. The molecule has 20 heavy (non-hydrogen) atoms. The summed E-state index contributed by atoms with van der Waals surface area (Å²) < 4.78 is 2.38. The lowest BCUT2D eigenvalue weighted by molar-refractivity contribution is 1.22. The Morgan fingerprint density at radius 1 is 0.800 bits per heavy atom. The quantitative estimate of drug-likeness (QED) is 0.435. The second-order valence-electron chi connectivity index (χ2n) is 5.26. The van der Waals surface area contributed by atoms with Gasteiger partial charge in [0.05, 0.1) is 11.0 Å². The van der Waals surface area contributed by atoms with Crippen molar-refractivity contribution < 1.29 is 0 Å². The summed E-state index contributed by atoms with van der Waals surface area (Å²) in [6, 6.07) is 19.8. The molecule has 0 bridgehead atoms. The highest BCUT2D eigenvalue weighted by Crippen LogP contribution is 2.34. The minimum atomic E-state index is 1.29. The maximum atomic E-state index is 2.38. The average Bonchev–Trinajstić information content (AvgIpc) is 2.99. The molecule has 0 radical (unpaired) electrons. The summed E-state index contributed by atoms with van der Waals surface area (Å²) in [6.07, 6.45) is 0. The first-order chi connectivity index (χ1) is 9.74. The predicted molar refractivity (Wildman–Crippen MR) is 88.1 cm³/mol. The Bertz CT molecular complexity index is 927. The second kappa shape index (κ2) is 4.22. The zero-order chi connectivity index (χ0) is 13.7. The molecule has 2 aromatic carbocycles. The van der Waals surface area contributed by atoms with E-state index < -0.39 is 0 Å². The van der Waals surface area contributed by atoms with E-state index in [0.717, 1.165) is 0 Å². The molecule has 0 atom stereocenters. The van der Waals surface area contributed by atoms with Gasteiger partial charge in [-0.15, -0.1) is 11.3 Å². The molecule has 98 valence electrons. The standard InChI is InChI=1S/C18H15NS/c1-12-7-9-15-14-5-3-4-6-16(14)19(17(15)11-12)18-10-8-13(2)20-18/h3-11H,1-2H3. The van der Waals surface area contributed by atoms with Crippen molar-refractivity contribution in [2.45, 2.75) is 13.8 Å². The van der Waals surface area contributed by atoms with Crippen LogP contribution in [0.4, 0.5) is 0 Å². The maximum Gasteiger partial charge on any atom is 0.100 e. The topological polar surface area (TPSA) is 4.93 Å². The van der Waals surface area contributed by atoms with Crippen molar-refractivity contribution >= 4 is 33.1 Å². The third-order valence-electron chi connectivity index (χ3n) is 3.78. The predicted octanol–water partition coefficient (Wildman–Crippen LogP) is 5.46. The van der Waals surface area contributed by atoms with Gasteiger partial charge in [-0.2, -0.15) is 0 Å². The molecule has 0 saturated carbocycles. The number of rotatable bonds is 1. The van der Waals surface area contributed by atoms with Crippen LogP contribution in [0.3, 0.4) is 0 Å². The lowest BCUT2D eigenvalue weighted by Crippen LogP contribution is -1.89. The van der Waals surface area contributed by atoms with Crippen LogP contribution < -0.4 is 0 Å². The highest BCUT2D eigenvalue weighted by atomic mass is 32.1. The van der Waals surface area contributed by atoms with Gasteiger partial charge in [-0.1, -0.05) is 30.3 Å². The lowest BCUT2D eigenvalue weighted by atomic mass is 10.1. The molecule has 2 aromatic heterocycles. The van der Waals surface area contributed by atoms with Crippen LogP contribution >= 0.6 is 11.3 Å². The fraction of sp³-hybridized carbons (Fsp3) is 0.111. The SMILES string of the molecule is Cc1ccc2c3ccccc3n(-c3ccc(C)s3)c2c1. The van der Waals surface area contributed by atoms with Gasteiger partial charge in [-0.25, -0.2) is 0 Å². The molecule has 0 aliphatic heterocycles. The summed E-state index contributed by atoms with van der Waals surface area (Å²) in [4.78, 5) is 1.35. The molecule has 0 N–H and O–H groups in total. The highest BCUT2D eigenvalue weighted by molar-refractivity contribution is 7.14. The number of benzene rings is 2. The molecule has 0 fully saturated rings. The summed E-state index contributed by atoms with van der Waals surface area (Å²) in [5.41, 5.74) is 3.89. The average molecular weight is 277 g/mol. The molecule has 0 unspecified atom stereocenters. The van der Waals surface area contributed by atoms with E-state index in [-0.39, 0.29) is 0 Å². The van der Waals surface area contributed by atoms with Crippen molar-refractivity contribution in [3.05, 3.63) is 65.0 Å². The van der Waals surface area contributed by atoms with Crippen molar-refractivity contribution in [2.75, 3.05) is 0 Å². The Labute approximate surface area is 122 Å². The number of hydrogen-bond donors (Lipinski definition) is 0. The van der Waals surface area contributed by atoms with Crippen LogP contribution in [0.2, 0.25) is 0 Å². The van der Waals surface area contributed by atoms with E-state index in [9.17, 15) is 0 Å². The number of thiophene rings is 1. The largest absolute Gasteiger partial charge is 0.301 e. The van der Waals surface area contributed by atoms with Crippen molar-refractivity contribution in [1.29, 1.82) is 0 Å². The molecular weight excluding hydrogens is 262 g/mol. The molecule has 0 saturated heterocycles. The molecule has 4 rings (SSSR count). The van der Waals surface area contributed by atoms with E-state index in [1.54, 1.807) is 0 Å². The molecule has 2 heterocycles. The third kappa shape index (κ3) is 1.61. The summed E-state index contributed by atoms with van der Waals surface area (Å²) in [7, 11) is 0. The van der Waals surface area contributed by atoms with Gasteiger partial charge in [-0.3, -0.25) is 0 Å². The zero-order valence-corrected chi connectivity index (χ0v) is 12.4. The fourth-order valence-electron chi connectivity index (χ4n) is 2.86. The van der Waals surface area contributed by atoms with Gasteiger partial charge in [0.1, 0.15) is 5.00 Å². The first-order valence-electron chi connectivity index (χ1n) is 6.81. The molecule has 0 amide bonds. The van der Waals surface area contributed by atoms with Crippen molar-refractivity contribution in [2.24, 2.45) is 0 Å². The summed E-state index contributed by atoms with van der Waals surface area (Å²) >= 11 is 1.84. The van der Waals surface area contributed by atoms with Crippen LogP contribution in [0.5, 0.6) is 0 Å². The van der Waals surface area contributed by atoms with Crippen LogP contribution in [-0.2, 0) is 0 Å². The Morgan fingerprint density at radius 3 is 2.40 bits per heavy atom. The summed E-state index contributed by atoms with van der Waals surface area (Å²) in [6.45, 7) is 4.31. The van der Waals surface area contributed by atoms with Gasteiger partial charge in [0.25, 0.3) is 0 Å². The molecule has 4 aromatic rings. The van der Waals surface area contributed by atoms with E-state index in [1.807, 2.05) is 11.3 Å². The Kier molecular flexibility index (Phi) is 2.48. The first-order valence-corrected chi connectivity index (χ1v) is 7.62. The minimum absolute atomic E-state index is 1.29. The van der Waals surface area contributed by atoms with Crippen molar-refractivity contribution in [3.63, 3.8) is 0 Å². The fourth-order valence-corrected chi connectivity index (χ4v) is 3.75. The molecule has 2 heteroatoms. The van der Waals surface area contributed by atoms with Crippen LogP contribution in [0.25, 0.3) is 26.8 Å².